The van der Waals surface area contributed by atoms with Crippen molar-refractivity contribution >= 4 is 23.2 Å². The highest BCUT2D eigenvalue weighted by molar-refractivity contribution is 7.08. The molecule has 1 saturated heterocycles. The fourth-order valence-corrected chi connectivity index (χ4v) is 5.10. The summed E-state index contributed by atoms with van der Waals surface area (Å²) in [5.41, 5.74) is 1.12. The van der Waals surface area contributed by atoms with Crippen LogP contribution in [0, 0.1) is 5.92 Å². The Morgan fingerprint density at radius 3 is 2.80 bits per heavy atom. The van der Waals surface area contributed by atoms with E-state index in [1.54, 1.807) is 11.3 Å². The molecule has 1 fully saturated rings. The summed E-state index contributed by atoms with van der Waals surface area (Å²) in [6.45, 7) is 6.00. The second kappa shape index (κ2) is 15.2. The number of nitrogens with one attached hydrogen (secondary N) is 1. The first-order chi connectivity index (χ1) is 17.1. The highest BCUT2D eigenvalue weighted by Gasteiger charge is 2.38. The molecular weight excluding hydrogens is 472 g/mol. The molecule has 196 valence electrons. The van der Waals surface area contributed by atoms with Gasteiger partial charge >= 0.3 is 0 Å². The Kier molecular flexibility index (Phi) is 12.0. The van der Waals surface area contributed by atoms with E-state index in [-0.39, 0.29) is 36.0 Å². The summed E-state index contributed by atoms with van der Waals surface area (Å²) < 4.78 is 22.9. The molecule has 2 N–H and O–H groups in total. The second-order valence-electron chi connectivity index (χ2n) is 8.55. The van der Waals surface area contributed by atoms with Crippen molar-refractivity contribution in [3.63, 3.8) is 0 Å². The van der Waals surface area contributed by atoms with E-state index >= 15 is 0 Å². The number of thiophene rings is 1. The molecular formula is C25H38N2O7S. The third kappa shape index (κ3) is 8.57. The Balaban J connectivity index is 1.58. The van der Waals surface area contributed by atoms with Crippen molar-refractivity contribution in [2.24, 2.45) is 5.92 Å². The van der Waals surface area contributed by atoms with Gasteiger partial charge in [-0.3, -0.25) is 9.59 Å². The topological polar surface area (TPSA) is 107 Å². The van der Waals surface area contributed by atoms with Crippen LogP contribution in [0.25, 0.3) is 0 Å². The number of hydrogen-bond acceptors (Lipinski definition) is 8. The number of nitrogens with zero attached hydrogens (tertiary/aromatic N) is 1. The molecule has 0 aliphatic carbocycles. The Bertz CT molecular complexity index is 802. The molecule has 3 rings (SSSR count). The second-order valence-corrected chi connectivity index (χ2v) is 9.33. The van der Waals surface area contributed by atoms with Crippen molar-refractivity contribution in [1.29, 1.82) is 0 Å². The molecule has 1 aromatic rings. The number of aliphatic hydroxyl groups excluding tert-OH is 1. The number of rotatable bonds is 16. The average molecular weight is 511 g/mol. The van der Waals surface area contributed by atoms with Gasteiger partial charge in [-0.15, -0.1) is 0 Å². The summed E-state index contributed by atoms with van der Waals surface area (Å²) >= 11 is 1.62. The fourth-order valence-electron chi connectivity index (χ4n) is 4.39. The zero-order valence-electron chi connectivity index (χ0n) is 20.5. The van der Waals surface area contributed by atoms with Crippen LogP contribution in [-0.4, -0.2) is 87.4 Å². The molecule has 0 aromatic carbocycles. The van der Waals surface area contributed by atoms with Crippen molar-refractivity contribution in [1.82, 2.24) is 10.2 Å². The maximum atomic E-state index is 12.9. The van der Waals surface area contributed by atoms with Gasteiger partial charge in [0.1, 0.15) is 0 Å². The summed E-state index contributed by atoms with van der Waals surface area (Å²) in [5, 5.41) is 15.8. The van der Waals surface area contributed by atoms with E-state index in [9.17, 15) is 9.59 Å². The van der Waals surface area contributed by atoms with Crippen molar-refractivity contribution < 1.29 is 33.6 Å². The van der Waals surface area contributed by atoms with E-state index in [2.05, 4.69) is 16.8 Å². The first kappa shape index (κ1) is 27.6. The van der Waals surface area contributed by atoms with E-state index in [4.69, 9.17) is 24.1 Å². The SMILES string of the molecule is CCO[C@H]1OC(C(=O)NCCCN2CCCC2=O)=C[C@@H](c2ccsc2)[C@H]1CCOCCOCCO. The molecule has 0 saturated carbocycles. The molecule has 10 heteroatoms. The molecule has 1 aromatic heterocycles. The maximum absolute atomic E-state index is 12.9. The van der Waals surface area contributed by atoms with Gasteiger partial charge in [0.25, 0.3) is 5.91 Å². The predicted molar refractivity (Wildman–Crippen MR) is 132 cm³/mol. The zero-order chi connectivity index (χ0) is 24.9. The first-order valence-electron chi connectivity index (χ1n) is 12.5. The van der Waals surface area contributed by atoms with Crippen LogP contribution in [0.4, 0.5) is 0 Å². The Morgan fingerprint density at radius 2 is 2.11 bits per heavy atom. The van der Waals surface area contributed by atoms with Gasteiger partial charge in [-0.25, -0.2) is 0 Å². The number of aliphatic hydroxyl groups is 1. The van der Waals surface area contributed by atoms with Crippen LogP contribution in [0.1, 0.15) is 44.1 Å². The van der Waals surface area contributed by atoms with Gasteiger partial charge in [0, 0.05) is 51.1 Å². The Hall–Kier alpha value is -1.98. The van der Waals surface area contributed by atoms with Crippen LogP contribution >= 0.6 is 11.3 Å². The van der Waals surface area contributed by atoms with E-state index in [1.807, 2.05) is 23.3 Å². The molecule has 0 spiro atoms. The van der Waals surface area contributed by atoms with Crippen LogP contribution in [0.5, 0.6) is 0 Å². The number of ether oxygens (including phenoxy) is 4. The number of allylic oxidation sites excluding steroid dienone is 1. The minimum atomic E-state index is -0.563. The number of carbonyl (C=O) groups excluding carboxylic acids is 2. The van der Waals surface area contributed by atoms with Gasteiger partial charge in [-0.05, 0) is 54.7 Å². The van der Waals surface area contributed by atoms with Gasteiger partial charge < -0.3 is 34.3 Å². The molecule has 3 atom stereocenters. The van der Waals surface area contributed by atoms with Crippen LogP contribution in [0.3, 0.4) is 0 Å². The largest absolute Gasteiger partial charge is 0.459 e. The number of likely N-dealkylation sites (tertiary alicyclic amines) is 1. The minimum Gasteiger partial charge on any atom is -0.459 e. The molecule has 2 aliphatic rings. The minimum absolute atomic E-state index is 0.00185. The Labute approximate surface area is 211 Å². The van der Waals surface area contributed by atoms with Gasteiger partial charge in [0.2, 0.25) is 12.2 Å². The van der Waals surface area contributed by atoms with Gasteiger partial charge in [0.05, 0.1) is 26.4 Å². The lowest BCUT2D eigenvalue weighted by molar-refractivity contribution is -0.168. The highest BCUT2D eigenvalue weighted by Crippen LogP contribution is 2.39. The highest BCUT2D eigenvalue weighted by atomic mass is 32.1. The summed E-state index contributed by atoms with van der Waals surface area (Å²) in [6.07, 6.45) is 4.27. The van der Waals surface area contributed by atoms with Crippen LogP contribution in [0.15, 0.2) is 28.7 Å². The summed E-state index contributed by atoms with van der Waals surface area (Å²) in [5.74, 6) is 0.148. The lowest BCUT2D eigenvalue weighted by Gasteiger charge is -2.36. The van der Waals surface area contributed by atoms with Crippen molar-refractivity contribution in [3.8, 4) is 0 Å². The van der Waals surface area contributed by atoms with Gasteiger partial charge in [-0.1, -0.05) is 0 Å². The molecule has 2 aliphatic heterocycles. The van der Waals surface area contributed by atoms with E-state index in [1.165, 1.54) is 0 Å². The summed E-state index contributed by atoms with van der Waals surface area (Å²) in [4.78, 5) is 26.5. The van der Waals surface area contributed by atoms with Crippen LogP contribution < -0.4 is 5.32 Å². The summed E-state index contributed by atoms with van der Waals surface area (Å²) in [7, 11) is 0. The van der Waals surface area contributed by atoms with E-state index in [0.29, 0.717) is 65.4 Å². The first-order valence-corrected chi connectivity index (χ1v) is 13.4. The maximum Gasteiger partial charge on any atom is 0.286 e. The number of amides is 2. The fraction of sp³-hybridized carbons (Fsp3) is 0.680. The molecule has 2 amide bonds. The third-order valence-corrected chi connectivity index (χ3v) is 6.83. The third-order valence-electron chi connectivity index (χ3n) is 6.13. The molecule has 35 heavy (non-hydrogen) atoms. The smallest absolute Gasteiger partial charge is 0.286 e. The summed E-state index contributed by atoms with van der Waals surface area (Å²) in [6, 6.07) is 2.07. The van der Waals surface area contributed by atoms with Crippen molar-refractivity contribution in [2.45, 2.75) is 44.8 Å². The number of hydrogen-bond donors (Lipinski definition) is 2. The zero-order valence-corrected chi connectivity index (χ0v) is 21.3. The van der Waals surface area contributed by atoms with Crippen LogP contribution in [-0.2, 0) is 28.5 Å². The van der Waals surface area contributed by atoms with Gasteiger partial charge in [0.15, 0.2) is 5.76 Å². The molecule has 0 unspecified atom stereocenters. The van der Waals surface area contributed by atoms with Crippen LogP contribution in [0.2, 0.25) is 0 Å². The lowest BCUT2D eigenvalue weighted by atomic mass is 9.82. The molecule has 9 nitrogen and oxygen atoms in total. The predicted octanol–water partition coefficient (Wildman–Crippen LogP) is 2.27. The van der Waals surface area contributed by atoms with E-state index < -0.39 is 6.29 Å². The molecule has 0 radical (unpaired) electrons. The molecule has 0 bridgehead atoms. The number of carbonyl (C=O) groups is 2. The van der Waals surface area contributed by atoms with Crippen molar-refractivity contribution in [3.05, 3.63) is 34.2 Å². The lowest BCUT2D eigenvalue weighted by Crippen LogP contribution is -2.39. The van der Waals surface area contributed by atoms with Crippen molar-refractivity contribution in [2.75, 3.05) is 59.3 Å². The Morgan fingerprint density at radius 1 is 1.29 bits per heavy atom. The average Bonchev–Trinajstić information content (AvgIpc) is 3.54. The van der Waals surface area contributed by atoms with Gasteiger partial charge in [-0.2, -0.15) is 11.3 Å². The molecule has 3 heterocycles. The normalized spacial score (nSPS) is 22.2. The monoisotopic (exact) mass is 510 g/mol. The quantitative estimate of drug-likeness (QED) is 0.329. The standard InChI is InChI=1S/C25H38N2O7S/c1-2-33-25-20(6-12-31-14-15-32-13-11-28)21(19-7-16-35-18-19)17-22(34-25)24(30)26-8-4-10-27-9-3-5-23(27)29/h7,16-18,20-21,25,28H,2-6,8-15H2,1H3,(H,26,30)/t20-,21+,25+/m1/s1. The van der Waals surface area contributed by atoms with E-state index in [0.717, 1.165) is 18.5 Å².